The second-order valence-corrected chi connectivity index (χ2v) is 3.80. The van der Waals surface area contributed by atoms with Gasteiger partial charge in [-0.15, -0.1) is 11.6 Å². The van der Waals surface area contributed by atoms with Gasteiger partial charge < -0.3 is 10.1 Å². The SMILES string of the molecule is CCCOc1cncc(NC(CC)CCl)n1. The number of alkyl halides is 1. The highest BCUT2D eigenvalue weighted by Gasteiger charge is 2.06. The lowest BCUT2D eigenvalue weighted by atomic mass is 10.2. The molecule has 16 heavy (non-hydrogen) atoms. The van der Waals surface area contributed by atoms with E-state index in [9.17, 15) is 0 Å². The van der Waals surface area contributed by atoms with E-state index in [2.05, 4.69) is 29.1 Å². The molecule has 0 spiro atoms. The van der Waals surface area contributed by atoms with Gasteiger partial charge in [0.2, 0.25) is 5.88 Å². The molecule has 0 bridgehead atoms. The van der Waals surface area contributed by atoms with E-state index in [0.29, 0.717) is 24.2 Å². The third-order valence-corrected chi connectivity index (χ3v) is 2.47. The molecule has 1 heterocycles. The lowest BCUT2D eigenvalue weighted by Gasteiger charge is -2.14. The zero-order valence-corrected chi connectivity index (χ0v) is 10.5. The van der Waals surface area contributed by atoms with Crippen LogP contribution in [0.3, 0.4) is 0 Å². The first-order chi connectivity index (χ1) is 7.80. The van der Waals surface area contributed by atoms with Crippen molar-refractivity contribution in [3.8, 4) is 5.88 Å². The van der Waals surface area contributed by atoms with Gasteiger partial charge in [-0.3, -0.25) is 4.98 Å². The molecular weight excluding hydrogens is 226 g/mol. The second kappa shape index (κ2) is 7.28. The van der Waals surface area contributed by atoms with E-state index in [-0.39, 0.29) is 6.04 Å². The van der Waals surface area contributed by atoms with Crippen LogP contribution in [-0.4, -0.2) is 28.5 Å². The van der Waals surface area contributed by atoms with Gasteiger partial charge in [0.25, 0.3) is 0 Å². The van der Waals surface area contributed by atoms with Crippen LogP contribution in [0.2, 0.25) is 0 Å². The molecule has 1 N–H and O–H groups in total. The van der Waals surface area contributed by atoms with Gasteiger partial charge in [-0.25, -0.2) is 0 Å². The Kier molecular flexibility index (Phi) is 5.93. The monoisotopic (exact) mass is 243 g/mol. The van der Waals surface area contributed by atoms with E-state index in [1.54, 1.807) is 12.4 Å². The number of nitrogens with zero attached hydrogens (tertiary/aromatic N) is 2. The fraction of sp³-hybridized carbons (Fsp3) is 0.636. The maximum atomic E-state index is 5.80. The predicted molar refractivity (Wildman–Crippen MR) is 66.2 cm³/mol. The number of rotatable bonds is 7. The minimum Gasteiger partial charge on any atom is -0.477 e. The highest BCUT2D eigenvalue weighted by molar-refractivity contribution is 6.18. The molecule has 1 aromatic heterocycles. The number of anilines is 1. The van der Waals surface area contributed by atoms with Crippen LogP contribution in [0.5, 0.6) is 5.88 Å². The summed E-state index contributed by atoms with van der Waals surface area (Å²) in [6.07, 6.45) is 5.19. The van der Waals surface area contributed by atoms with Crippen molar-refractivity contribution in [1.29, 1.82) is 0 Å². The van der Waals surface area contributed by atoms with Crippen molar-refractivity contribution in [3.05, 3.63) is 12.4 Å². The van der Waals surface area contributed by atoms with Crippen molar-refractivity contribution in [2.75, 3.05) is 17.8 Å². The third kappa shape index (κ3) is 4.23. The van der Waals surface area contributed by atoms with E-state index in [4.69, 9.17) is 16.3 Å². The van der Waals surface area contributed by atoms with Gasteiger partial charge >= 0.3 is 0 Å². The Balaban J connectivity index is 2.59. The summed E-state index contributed by atoms with van der Waals surface area (Å²) in [6.45, 7) is 4.78. The van der Waals surface area contributed by atoms with Crippen LogP contribution in [0.25, 0.3) is 0 Å². The Bertz CT molecular complexity index is 305. The molecular formula is C11H18ClN3O. The molecule has 0 fully saturated rings. The third-order valence-electron chi connectivity index (χ3n) is 2.10. The normalized spacial score (nSPS) is 12.2. The summed E-state index contributed by atoms with van der Waals surface area (Å²) in [5.74, 6) is 1.82. The molecule has 0 saturated heterocycles. The van der Waals surface area contributed by atoms with Gasteiger partial charge in [0.15, 0.2) is 0 Å². The van der Waals surface area contributed by atoms with Crippen LogP contribution < -0.4 is 10.1 Å². The first kappa shape index (κ1) is 13.0. The Morgan fingerprint density at radius 3 is 2.88 bits per heavy atom. The first-order valence-electron chi connectivity index (χ1n) is 5.57. The predicted octanol–water partition coefficient (Wildman–Crippen LogP) is 2.69. The number of halogens is 1. The number of hydrogen-bond donors (Lipinski definition) is 1. The zero-order chi connectivity index (χ0) is 11.8. The fourth-order valence-corrected chi connectivity index (χ4v) is 1.45. The standard InChI is InChI=1S/C11H18ClN3O/c1-3-5-16-11-8-13-7-10(15-11)14-9(4-2)6-12/h7-9H,3-6H2,1-2H3,(H,14,15). The Labute approximate surface area is 101 Å². The van der Waals surface area contributed by atoms with Crippen LogP contribution in [0.4, 0.5) is 5.82 Å². The number of nitrogens with one attached hydrogen (secondary N) is 1. The summed E-state index contributed by atoms with van der Waals surface area (Å²) in [5.41, 5.74) is 0. The molecule has 0 aliphatic carbocycles. The molecule has 90 valence electrons. The smallest absolute Gasteiger partial charge is 0.234 e. The number of ether oxygens (including phenoxy) is 1. The van der Waals surface area contributed by atoms with E-state index >= 15 is 0 Å². The fourth-order valence-electron chi connectivity index (χ4n) is 1.15. The quantitative estimate of drug-likeness (QED) is 0.748. The van der Waals surface area contributed by atoms with Gasteiger partial charge in [0.1, 0.15) is 5.82 Å². The minimum absolute atomic E-state index is 0.220. The molecule has 1 unspecified atom stereocenters. The molecule has 0 aromatic carbocycles. The van der Waals surface area contributed by atoms with Crippen LogP contribution in [0.1, 0.15) is 26.7 Å². The number of aromatic nitrogens is 2. The van der Waals surface area contributed by atoms with Crippen molar-refractivity contribution in [2.45, 2.75) is 32.7 Å². The molecule has 0 amide bonds. The molecule has 0 saturated carbocycles. The van der Waals surface area contributed by atoms with Crippen LogP contribution in [0.15, 0.2) is 12.4 Å². The molecule has 0 aliphatic rings. The average Bonchev–Trinajstić information content (AvgIpc) is 2.34. The Morgan fingerprint density at radius 2 is 2.25 bits per heavy atom. The lowest BCUT2D eigenvalue weighted by molar-refractivity contribution is 0.304. The van der Waals surface area contributed by atoms with Crippen molar-refractivity contribution in [1.82, 2.24) is 9.97 Å². The van der Waals surface area contributed by atoms with E-state index < -0.39 is 0 Å². The highest BCUT2D eigenvalue weighted by Crippen LogP contribution is 2.11. The van der Waals surface area contributed by atoms with Crippen LogP contribution in [0, 0.1) is 0 Å². The van der Waals surface area contributed by atoms with Crippen molar-refractivity contribution < 1.29 is 4.74 Å². The summed E-state index contributed by atoms with van der Waals surface area (Å²) in [7, 11) is 0. The molecule has 4 nitrogen and oxygen atoms in total. The topological polar surface area (TPSA) is 47.0 Å². The Hall–Kier alpha value is -1.03. The van der Waals surface area contributed by atoms with Crippen molar-refractivity contribution in [3.63, 3.8) is 0 Å². The van der Waals surface area contributed by atoms with Crippen LogP contribution in [-0.2, 0) is 0 Å². The maximum Gasteiger partial charge on any atom is 0.234 e. The summed E-state index contributed by atoms with van der Waals surface area (Å²) in [6, 6.07) is 0.220. The molecule has 5 heteroatoms. The largest absolute Gasteiger partial charge is 0.477 e. The van der Waals surface area contributed by atoms with Crippen molar-refractivity contribution >= 4 is 17.4 Å². The number of hydrogen-bond acceptors (Lipinski definition) is 4. The van der Waals surface area contributed by atoms with E-state index in [0.717, 1.165) is 12.8 Å². The van der Waals surface area contributed by atoms with Gasteiger partial charge in [-0.1, -0.05) is 13.8 Å². The highest BCUT2D eigenvalue weighted by atomic mass is 35.5. The lowest BCUT2D eigenvalue weighted by Crippen LogP contribution is -2.21. The first-order valence-corrected chi connectivity index (χ1v) is 6.10. The van der Waals surface area contributed by atoms with Gasteiger partial charge in [-0.05, 0) is 12.8 Å². The van der Waals surface area contributed by atoms with E-state index in [1.807, 2.05) is 0 Å². The molecule has 0 radical (unpaired) electrons. The zero-order valence-electron chi connectivity index (χ0n) is 9.74. The minimum atomic E-state index is 0.220. The summed E-state index contributed by atoms with van der Waals surface area (Å²) in [4.78, 5) is 8.36. The molecule has 0 aliphatic heterocycles. The Morgan fingerprint density at radius 1 is 1.44 bits per heavy atom. The molecule has 1 atom stereocenters. The summed E-state index contributed by atoms with van der Waals surface area (Å²) in [5, 5.41) is 3.21. The molecule has 1 rings (SSSR count). The van der Waals surface area contributed by atoms with Gasteiger partial charge in [0.05, 0.1) is 19.0 Å². The summed E-state index contributed by atoms with van der Waals surface area (Å²) < 4.78 is 5.40. The second-order valence-electron chi connectivity index (χ2n) is 3.49. The average molecular weight is 244 g/mol. The van der Waals surface area contributed by atoms with Gasteiger partial charge in [-0.2, -0.15) is 4.98 Å². The van der Waals surface area contributed by atoms with Crippen molar-refractivity contribution in [2.24, 2.45) is 0 Å². The van der Waals surface area contributed by atoms with E-state index in [1.165, 1.54) is 0 Å². The maximum absolute atomic E-state index is 5.80. The van der Waals surface area contributed by atoms with Crippen LogP contribution >= 0.6 is 11.6 Å². The molecule has 1 aromatic rings. The summed E-state index contributed by atoms with van der Waals surface area (Å²) >= 11 is 5.80. The van der Waals surface area contributed by atoms with Gasteiger partial charge in [0, 0.05) is 11.9 Å².